The lowest BCUT2D eigenvalue weighted by Crippen LogP contribution is -2.24. The third-order valence-corrected chi connectivity index (χ3v) is 4.60. The topological polar surface area (TPSA) is 55.6 Å². The van der Waals surface area contributed by atoms with E-state index in [2.05, 4.69) is 15.1 Å². The fraction of sp³-hybridized carbons (Fsp3) is 0.143. The number of carbonyl (C=O) groups excluding carboxylic acids is 1. The molecule has 0 unspecified atom stereocenters. The van der Waals surface area contributed by atoms with Crippen LogP contribution in [0, 0.1) is 13.8 Å². The molecule has 2 aromatic carbocycles. The van der Waals surface area contributed by atoms with Crippen LogP contribution in [0.4, 0.5) is 0 Å². The van der Waals surface area contributed by atoms with Crippen molar-refractivity contribution in [2.45, 2.75) is 13.8 Å². The van der Waals surface area contributed by atoms with Crippen LogP contribution in [0.15, 0.2) is 59.7 Å². The molecule has 3 rings (SSSR count). The monoisotopic (exact) mass is 415 g/mol. The van der Waals surface area contributed by atoms with Crippen molar-refractivity contribution < 1.29 is 9.53 Å². The molecule has 0 aliphatic rings. The summed E-state index contributed by atoms with van der Waals surface area (Å²) in [6, 6.07) is 16.5. The first kappa shape index (κ1) is 20.0. The summed E-state index contributed by atoms with van der Waals surface area (Å²) in [6.07, 6.45) is 1.62. The number of benzene rings is 2. The molecule has 1 aromatic heterocycles. The maximum absolute atomic E-state index is 11.9. The molecule has 0 fully saturated rings. The molecule has 5 nitrogen and oxygen atoms in total. The third-order valence-electron chi connectivity index (χ3n) is 4.11. The number of halogens is 2. The van der Waals surface area contributed by atoms with Gasteiger partial charge in [-0.05, 0) is 62.4 Å². The van der Waals surface area contributed by atoms with Crippen LogP contribution in [0.3, 0.4) is 0 Å². The molecule has 1 amide bonds. The Balaban J connectivity index is 1.62. The SMILES string of the molecule is Cc1cc(/C=N/NC(=O)COc2cccc(Cl)c2)c(C)n1-c1ccc(Cl)cc1. The Kier molecular flexibility index (Phi) is 6.39. The van der Waals surface area contributed by atoms with E-state index in [4.69, 9.17) is 27.9 Å². The van der Waals surface area contributed by atoms with E-state index >= 15 is 0 Å². The fourth-order valence-corrected chi connectivity index (χ4v) is 3.12. The van der Waals surface area contributed by atoms with E-state index in [0.29, 0.717) is 15.8 Å². The zero-order chi connectivity index (χ0) is 20.1. The summed E-state index contributed by atoms with van der Waals surface area (Å²) in [5.74, 6) is 0.167. The van der Waals surface area contributed by atoms with Crippen LogP contribution in [0.5, 0.6) is 5.75 Å². The van der Waals surface area contributed by atoms with Gasteiger partial charge in [-0.3, -0.25) is 4.79 Å². The number of nitrogens with zero attached hydrogens (tertiary/aromatic N) is 2. The van der Waals surface area contributed by atoms with E-state index in [9.17, 15) is 4.79 Å². The molecule has 144 valence electrons. The van der Waals surface area contributed by atoms with Crippen LogP contribution in [0.1, 0.15) is 17.0 Å². The largest absolute Gasteiger partial charge is 0.484 e. The van der Waals surface area contributed by atoms with Crippen molar-refractivity contribution in [3.63, 3.8) is 0 Å². The van der Waals surface area contributed by atoms with Gasteiger partial charge in [0.05, 0.1) is 6.21 Å². The van der Waals surface area contributed by atoms with Crippen LogP contribution in [0.25, 0.3) is 5.69 Å². The van der Waals surface area contributed by atoms with Gasteiger partial charge in [0.15, 0.2) is 6.61 Å². The second-order valence-corrected chi connectivity index (χ2v) is 7.05. The highest BCUT2D eigenvalue weighted by Gasteiger charge is 2.09. The minimum Gasteiger partial charge on any atom is -0.484 e. The van der Waals surface area contributed by atoms with Crippen molar-refractivity contribution in [2.75, 3.05) is 6.61 Å². The lowest BCUT2D eigenvalue weighted by molar-refractivity contribution is -0.123. The van der Waals surface area contributed by atoms with E-state index in [0.717, 1.165) is 22.6 Å². The molecular formula is C21H19Cl2N3O2. The molecule has 0 saturated heterocycles. The van der Waals surface area contributed by atoms with Gasteiger partial charge in [-0.1, -0.05) is 29.3 Å². The van der Waals surface area contributed by atoms with Crippen LogP contribution >= 0.6 is 23.2 Å². The normalized spacial score (nSPS) is 11.0. The van der Waals surface area contributed by atoms with Crippen LogP contribution in [-0.2, 0) is 4.79 Å². The van der Waals surface area contributed by atoms with Gasteiger partial charge in [-0.15, -0.1) is 0 Å². The van der Waals surface area contributed by atoms with E-state index in [1.54, 1.807) is 30.5 Å². The molecule has 0 aliphatic carbocycles. The number of hydrogen-bond acceptors (Lipinski definition) is 3. The summed E-state index contributed by atoms with van der Waals surface area (Å²) in [5, 5.41) is 5.27. The van der Waals surface area contributed by atoms with Crippen molar-refractivity contribution in [1.29, 1.82) is 0 Å². The van der Waals surface area contributed by atoms with E-state index < -0.39 is 0 Å². The molecule has 0 atom stereocenters. The van der Waals surface area contributed by atoms with Crippen LogP contribution in [0.2, 0.25) is 10.0 Å². The number of amides is 1. The fourth-order valence-electron chi connectivity index (χ4n) is 2.82. The average molecular weight is 416 g/mol. The molecular weight excluding hydrogens is 397 g/mol. The number of hydrogen-bond donors (Lipinski definition) is 1. The van der Waals surface area contributed by atoms with E-state index in [-0.39, 0.29) is 12.5 Å². The van der Waals surface area contributed by atoms with Crippen molar-refractivity contribution >= 4 is 35.3 Å². The number of hydrazone groups is 1. The van der Waals surface area contributed by atoms with Gasteiger partial charge in [-0.2, -0.15) is 5.10 Å². The van der Waals surface area contributed by atoms with Crippen molar-refractivity contribution in [3.05, 3.63) is 81.6 Å². The minimum absolute atomic E-state index is 0.151. The van der Waals surface area contributed by atoms with E-state index in [1.807, 2.05) is 44.2 Å². The Morgan fingerprint density at radius 2 is 1.86 bits per heavy atom. The Labute approximate surface area is 173 Å². The minimum atomic E-state index is -0.359. The van der Waals surface area contributed by atoms with Crippen molar-refractivity contribution in [3.8, 4) is 11.4 Å². The molecule has 0 aliphatic heterocycles. The summed E-state index contributed by atoms with van der Waals surface area (Å²) in [4.78, 5) is 11.9. The Hall–Kier alpha value is -2.76. The summed E-state index contributed by atoms with van der Waals surface area (Å²) >= 11 is 11.8. The van der Waals surface area contributed by atoms with Crippen LogP contribution in [-0.4, -0.2) is 23.3 Å². The predicted molar refractivity (Wildman–Crippen MR) is 113 cm³/mol. The quantitative estimate of drug-likeness (QED) is 0.458. The third kappa shape index (κ3) is 4.94. The average Bonchev–Trinajstić information content (AvgIpc) is 2.95. The molecule has 0 radical (unpaired) electrons. The van der Waals surface area contributed by atoms with Gasteiger partial charge < -0.3 is 9.30 Å². The highest BCUT2D eigenvalue weighted by atomic mass is 35.5. The Morgan fingerprint density at radius 1 is 1.11 bits per heavy atom. The first-order valence-electron chi connectivity index (χ1n) is 8.59. The summed E-state index contributed by atoms with van der Waals surface area (Å²) in [7, 11) is 0. The second-order valence-electron chi connectivity index (χ2n) is 6.18. The number of ether oxygens (including phenoxy) is 1. The standard InChI is InChI=1S/C21H19Cl2N3O2/c1-14-10-16(15(2)26(14)19-8-6-17(22)7-9-19)12-24-25-21(27)13-28-20-5-3-4-18(23)11-20/h3-12H,13H2,1-2H3,(H,25,27)/b24-12+. The number of aryl methyl sites for hydroxylation is 1. The first-order valence-corrected chi connectivity index (χ1v) is 9.35. The highest BCUT2D eigenvalue weighted by Crippen LogP contribution is 2.21. The predicted octanol–water partition coefficient (Wildman–Crippen LogP) is 4.93. The molecule has 0 bridgehead atoms. The summed E-state index contributed by atoms with van der Waals surface area (Å²) in [6.45, 7) is 3.85. The zero-order valence-electron chi connectivity index (χ0n) is 15.4. The number of rotatable bonds is 6. The second kappa shape index (κ2) is 8.95. The summed E-state index contributed by atoms with van der Waals surface area (Å²) < 4.78 is 7.48. The lowest BCUT2D eigenvalue weighted by Gasteiger charge is -2.09. The van der Waals surface area contributed by atoms with Gasteiger partial charge in [-0.25, -0.2) is 5.43 Å². The smallest absolute Gasteiger partial charge is 0.277 e. The highest BCUT2D eigenvalue weighted by molar-refractivity contribution is 6.30. The maximum atomic E-state index is 11.9. The maximum Gasteiger partial charge on any atom is 0.277 e. The first-order chi connectivity index (χ1) is 13.4. The number of aromatic nitrogens is 1. The van der Waals surface area contributed by atoms with E-state index in [1.165, 1.54) is 0 Å². The molecule has 0 saturated carbocycles. The van der Waals surface area contributed by atoms with Crippen LogP contribution < -0.4 is 10.2 Å². The molecule has 7 heteroatoms. The molecule has 1 N–H and O–H groups in total. The Morgan fingerprint density at radius 3 is 2.57 bits per heavy atom. The van der Waals surface area contributed by atoms with Gasteiger partial charge in [0, 0.05) is 32.7 Å². The van der Waals surface area contributed by atoms with Gasteiger partial charge >= 0.3 is 0 Å². The molecule has 28 heavy (non-hydrogen) atoms. The molecule has 3 aromatic rings. The van der Waals surface area contributed by atoms with Crippen molar-refractivity contribution in [1.82, 2.24) is 9.99 Å². The summed E-state index contributed by atoms with van der Waals surface area (Å²) in [5.41, 5.74) is 6.44. The zero-order valence-corrected chi connectivity index (χ0v) is 17.0. The number of carbonyl (C=O) groups is 1. The molecule has 0 spiro atoms. The van der Waals surface area contributed by atoms with Gasteiger partial charge in [0.1, 0.15) is 5.75 Å². The van der Waals surface area contributed by atoms with Gasteiger partial charge in [0.25, 0.3) is 5.91 Å². The number of nitrogens with one attached hydrogen (secondary N) is 1. The lowest BCUT2D eigenvalue weighted by atomic mass is 10.2. The Bertz CT molecular complexity index is 1010. The van der Waals surface area contributed by atoms with Gasteiger partial charge in [0.2, 0.25) is 0 Å². The van der Waals surface area contributed by atoms with Crippen molar-refractivity contribution in [2.24, 2.45) is 5.10 Å². The molecule has 1 heterocycles.